The van der Waals surface area contributed by atoms with Gasteiger partial charge in [-0.2, -0.15) is 13.2 Å². The van der Waals surface area contributed by atoms with Crippen molar-refractivity contribution in [1.82, 2.24) is 30.5 Å². The fourth-order valence-electron chi connectivity index (χ4n) is 5.71. The quantitative estimate of drug-likeness (QED) is 0.327. The molecule has 2 aliphatic rings. The third-order valence-corrected chi connectivity index (χ3v) is 8.03. The highest BCUT2D eigenvalue weighted by atomic mass is 19.4. The van der Waals surface area contributed by atoms with Crippen molar-refractivity contribution in [2.45, 2.75) is 37.8 Å². The van der Waals surface area contributed by atoms with Crippen molar-refractivity contribution in [3.63, 3.8) is 0 Å². The molecular weight excluding hydrogens is 565 g/mol. The van der Waals surface area contributed by atoms with Gasteiger partial charge in [0.15, 0.2) is 11.5 Å². The van der Waals surface area contributed by atoms with E-state index in [1.54, 1.807) is 54.6 Å². The van der Waals surface area contributed by atoms with Gasteiger partial charge < -0.3 is 19.5 Å². The van der Waals surface area contributed by atoms with Crippen LogP contribution in [0.5, 0.6) is 0 Å². The maximum atomic E-state index is 13.6. The lowest BCUT2D eigenvalue weighted by atomic mass is 9.81. The van der Waals surface area contributed by atoms with Gasteiger partial charge in [-0.25, -0.2) is 10.1 Å². The van der Waals surface area contributed by atoms with E-state index in [9.17, 15) is 22.8 Å². The number of aromatic nitrogens is 5. The molecule has 2 fully saturated rings. The molecule has 11 nitrogen and oxygen atoms in total. The van der Waals surface area contributed by atoms with E-state index in [-0.39, 0.29) is 23.6 Å². The number of nitrogens with one attached hydrogen (secondary N) is 2. The number of oxazole rings is 1. The molecule has 6 rings (SSSR count). The molecule has 4 aromatic rings. The molecule has 0 spiro atoms. The number of nitrogens with zero attached hydrogens (tertiary/aromatic N) is 6. The smallest absolute Gasteiger partial charge is 0.431 e. The number of alkyl halides is 3. The molecule has 0 atom stereocenters. The number of aromatic amines is 1. The first-order valence-corrected chi connectivity index (χ1v) is 14.1. The summed E-state index contributed by atoms with van der Waals surface area (Å²) in [6.45, 7) is 2.48. The summed E-state index contributed by atoms with van der Waals surface area (Å²) in [6.07, 6.45) is -1.53. The van der Waals surface area contributed by atoms with Crippen LogP contribution in [-0.4, -0.2) is 68.5 Å². The van der Waals surface area contributed by atoms with E-state index in [4.69, 9.17) is 4.42 Å². The van der Waals surface area contributed by atoms with Crippen molar-refractivity contribution in [2.24, 2.45) is 5.92 Å². The Morgan fingerprint density at radius 3 is 2.26 bits per heavy atom. The van der Waals surface area contributed by atoms with Crippen LogP contribution in [0, 0.1) is 5.92 Å². The third-order valence-electron chi connectivity index (χ3n) is 8.03. The van der Waals surface area contributed by atoms with Crippen LogP contribution in [0.2, 0.25) is 0 Å². The van der Waals surface area contributed by atoms with Crippen molar-refractivity contribution in [2.75, 3.05) is 36.4 Å². The van der Waals surface area contributed by atoms with Gasteiger partial charge in [-0.15, -0.1) is 5.10 Å². The molecule has 0 unspecified atom stereocenters. The van der Waals surface area contributed by atoms with E-state index >= 15 is 0 Å². The number of tetrazole rings is 1. The number of H-pyrrole nitrogens is 1. The Hall–Kier alpha value is -4.75. The molecule has 2 aromatic heterocycles. The minimum absolute atomic E-state index is 0.00734. The van der Waals surface area contributed by atoms with E-state index in [1.807, 2.05) is 4.90 Å². The SMILES string of the molecule is O=C(Nc1ccc(N2CCN(C(=O)[C@H]3CC[C@H](c4nnn[nH]4)CC3)CC2)cc1)c1nc(-c2ccccc2)oc1C(F)(F)F. The molecule has 2 amide bonds. The van der Waals surface area contributed by atoms with Crippen LogP contribution in [-0.2, 0) is 11.0 Å². The van der Waals surface area contributed by atoms with E-state index in [2.05, 4.69) is 35.8 Å². The van der Waals surface area contributed by atoms with Crippen molar-refractivity contribution in [1.29, 1.82) is 0 Å². The Labute approximate surface area is 244 Å². The van der Waals surface area contributed by atoms with Gasteiger partial charge in [0, 0.05) is 55.0 Å². The van der Waals surface area contributed by atoms with Gasteiger partial charge in [0.2, 0.25) is 17.6 Å². The summed E-state index contributed by atoms with van der Waals surface area (Å²) in [6, 6.07) is 14.9. The summed E-state index contributed by atoms with van der Waals surface area (Å²) >= 11 is 0. The normalized spacial score (nSPS) is 19.3. The molecule has 2 aromatic carbocycles. The summed E-state index contributed by atoms with van der Waals surface area (Å²) in [4.78, 5) is 33.9. The van der Waals surface area contributed by atoms with Crippen LogP contribution in [0.25, 0.3) is 11.5 Å². The number of hydrogen-bond acceptors (Lipinski definition) is 8. The molecule has 0 radical (unpaired) electrons. The number of piperazine rings is 1. The Balaban J connectivity index is 1.04. The van der Waals surface area contributed by atoms with Gasteiger partial charge in [-0.05, 0) is 72.5 Å². The molecule has 43 heavy (non-hydrogen) atoms. The van der Waals surface area contributed by atoms with Gasteiger partial charge in [-0.3, -0.25) is 9.59 Å². The zero-order chi connectivity index (χ0) is 30.0. The number of halogens is 3. The lowest BCUT2D eigenvalue weighted by Gasteiger charge is -2.38. The Morgan fingerprint density at radius 1 is 0.930 bits per heavy atom. The fourth-order valence-corrected chi connectivity index (χ4v) is 5.71. The number of carbonyl (C=O) groups excluding carboxylic acids is 2. The van der Waals surface area contributed by atoms with Crippen LogP contribution in [0.3, 0.4) is 0 Å². The van der Waals surface area contributed by atoms with E-state index < -0.39 is 23.5 Å². The molecule has 0 bridgehead atoms. The summed E-state index contributed by atoms with van der Waals surface area (Å²) < 4.78 is 45.9. The maximum Gasteiger partial charge on any atom is 0.452 e. The molecule has 14 heteroatoms. The summed E-state index contributed by atoms with van der Waals surface area (Å²) in [5.41, 5.74) is 0.692. The average Bonchev–Trinajstić information content (AvgIpc) is 3.73. The molecule has 1 aliphatic carbocycles. The Morgan fingerprint density at radius 2 is 1.63 bits per heavy atom. The number of hydrogen-bond donors (Lipinski definition) is 2. The molecule has 1 saturated carbocycles. The summed E-state index contributed by atoms with van der Waals surface area (Å²) in [7, 11) is 0. The van der Waals surface area contributed by atoms with Crippen LogP contribution >= 0.6 is 0 Å². The van der Waals surface area contributed by atoms with Gasteiger partial charge >= 0.3 is 6.18 Å². The zero-order valence-corrected chi connectivity index (χ0v) is 23.0. The summed E-state index contributed by atoms with van der Waals surface area (Å²) in [5, 5.41) is 16.6. The molecule has 1 aliphatic heterocycles. The Bertz CT molecular complexity index is 1540. The second kappa shape index (κ2) is 11.9. The van der Waals surface area contributed by atoms with Crippen LogP contribution in [0.1, 0.15) is 53.7 Å². The third kappa shape index (κ3) is 6.22. The first kappa shape index (κ1) is 28.4. The first-order valence-electron chi connectivity index (χ1n) is 14.1. The van der Waals surface area contributed by atoms with Crippen LogP contribution in [0.4, 0.5) is 24.5 Å². The largest absolute Gasteiger partial charge is 0.452 e. The van der Waals surface area contributed by atoms with Crippen LogP contribution < -0.4 is 10.2 Å². The lowest BCUT2D eigenvalue weighted by Crippen LogP contribution is -2.50. The molecule has 2 N–H and O–H groups in total. The molecule has 3 heterocycles. The van der Waals surface area contributed by atoms with E-state index in [1.165, 1.54) is 0 Å². The number of anilines is 2. The molecule has 224 valence electrons. The predicted molar refractivity (Wildman–Crippen MR) is 149 cm³/mol. The zero-order valence-electron chi connectivity index (χ0n) is 23.0. The topological polar surface area (TPSA) is 133 Å². The number of amides is 2. The second-order valence-electron chi connectivity index (χ2n) is 10.7. The van der Waals surface area contributed by atoms with E-state index in [0.717, 1.165) is 37.2 Å². The minimum Gasteiger partial charge on any atom is -0.431 e. The standard InChI is InChI=1S/C29H29F3N8O3/c30-29(31,32)24-23(34-27(43-24)19-4-2-1-3-5-19)26(41)33-21-10-12-22(13-11-21)39-14-16-40(17-15-39)28(42)20-8-6-18(7-9-20)25-35-37-38-36-25/h1-5,10-13,18,20H,6-9,14-17H2,(H,33,41)(H,35,36,37,38)/t18-,20-. The van der Waals surface area contributed by atoms with Gasteiger partial charge in [0.05, 0.1) is 0 Å². The Kier molecular flexibility index (Phi) is 7.82. The highest BCUT2D eigenvalue weighted by Crippen LogP contribution is 2.36. The van der Waals surface area contributed by atoms with Gasteiger partial charge in [0.1, 0.15) is 0 Å². The maximum absolute atomic E-state index is 13.6. The van der Waals surface area contributed by atoms with Crippen molar-refractivity contribution >= 4 is 23.2 Å². The minimum atomic E-state index is -4.89. The van der Waals surface area contributed by atoms with Gasteiger partial charge in [-0.1, -0.05) is 18.2 Å². The monoisotopic (exact) mass is 594 g/mol. The fraction of sp³-hybridized carbons (Fsp3) is 0.379. The number of carbonyl (C=O) groups is 2. The second-order valence-corrected chi connectivity index (χ2v) is 10.7. The number of rotatable bonds is 6. The lowest BCUT2D eigenvalue weighted by molar-refractivity contribution is -0.153. The predicted octanol–water partition coefficient (Wildman–Crippen LogP) is 4.75. The first-order chi connectivity index (χ1) is 20.8. The average molecular weight is 595 g/mol. The molecule has 1 saturated heterocycles. The van der Waals surface area contributed by atoms with Crippen molar-refractivity contribution in [3.05, 3.63) is 71.9 Å². The highest BCUT2D eigenvalue weighted by Gasteiger charge is 2.42. The van der Waals surface area contributed by atoms with Crippen molar-refractivity contribution in [3.8, 4) is 11.5 Å². The van der Waals surface area contributed by atoms with Gasteiger partial charge in [0.25, 0.3) is 5.91 Å². The molecular formula is C29H29F3N8O3. The number of benzene rings is 2. The van der Waals surface area contributed by atoms with Crippen molar-refractivity contribution < 1.29 is 27.2 Å². The highest BCUT2D eigenvalue weighted by molar-refractivity contribution is 6.04. The summed E-state index contributed by atoms with van der Waals surface area (Å²) in [5.74, 6) is -1.52. The van der Waals surface area contributed by atoms with Crippen LogP contribution in [0.15, 0.2) is 59.0 Å². The van der Waals surface area contributed by atoms with E-state index in [0.29, 0.717) is 37.4 Å².